The molecular weight excluding hydrogens is 116 g/mol. The highest BCUT2D eigenvalue weighted by Gasteiger charge is 1.99. The molecule has 0 rings (SSSR count). The lowest BCUT2D eigenvalue weighted by Crippen LogP contribution is -2.13. The predicted molar refractivity (Wildman–Crippen MR) is 36.7 cm³/mol. The molecule has 0 aliphatic rings. The highest BCUT2D eigenvalue weighted by atomic mass is 16.7. The molecule has 9 heavy (non-hydrogen) atoms. The van der Waals surface area contributed by atoms with E-state index in [0.29, 0.717) is 5.92 Å². The molecule has 2 nitrogen and oxygen atoms in total. The van der Waals surface area contributed by atoms with Gasteiger partial charge >= 0.3 is 0 Å². The lowest BCUT2D eigenvalue weighted by molar-refractivity contribution is -0.103. The molecule has 0 aliphatic carbocycles. The molecule has 0 spiro atoms. The van der Waals surface area contributed by atoms with Crippen molar-refractivity contribution < 1.29 is 9.47 Å². The molecule has 0 saturated heterocycles. The van der Waals surface area contributed by atoms with Gasteiger partial charge in [-0.2, -0.15) is 0 Å². The lowest BCUT2D eigenvalue weighted by atomic mass is 10.2. The third-order valence-electron chi connectivity index (χ3n) is 0.899. The van der Waals surface area contributed by atoms with Gasteiger partial charge in [-0.05, 0) is 12.8 Å². The van der Waals surface area contributed by atoms with E-state index in [1.807, 2.05) is 6.92 Å². The second kappa shape index (κ2) is 4.77. The first-order valence-corrected chi connectivity index (χ1v) is 3.19. The van der Waals surface area contributed by atoms with Gasteiger partial charge in [0, 0.05) is 0 Å². The smallest absolute Gasteiger partial charge is 0.154 e. The van der Waals surface area contributed by atoms with E-state index in [1.165, 1.54) is 0 Å². The van der Waals surface area contributed by atoms with Crippen molar-refractivity contribution in [3.8, 4) is 0 Å². The summed E-state index contributed by atoms with van der Waals surface area (Å²) in [5.41, 5.74) is 0. The van der Waals surface area contributed by atoms with E-state index in [0.717, 1.165) is 6.61 Å². The summed E-state index contributed by atoms with van der Waals surface area (Å²) in [7, 11) is 3.24. The number of rotatable bonds is 4. The van der Waals surface area contributed by atoms with Crippen molar-refractivity contribution in [2.24, 2.45) is 5.92 Å². The Balaban J connectivity index is 3.06. The van der Waals surface area contributed by atoms with E-state index in [1.54, 1.807) is 0 Å². The molecule has 0 fully saturated rings. The van der Waals surface area contributed by atoms with E-state index in [-0.39, 0.29) is 6.29 Å². The predicted octanol–water partition coefficient (Wildman–Crippen LogP) is 1.81. The molecule has 1 radical (unpaired) electrons. The second-order valence-corrected chi connectivity index (χ2v) is 2.46. The lowest BCUT2D eigenvalue weighted by Gasteiger charge is -2.11. The van der Waals surface area contributed by atoms with Crippen molar-refractivity contribution in [3.63, 3.8) is 0 Å². The zero-order valence-electron chi connectivity index (χ0n) is 6.39. The van der Waals surface area contributed by atoms with Crippen LogP contribution in [0.2, 0.25) is 0 Å². The van der Waals surface area contributed by atoms with Crippen LogP contribution >= 0.6 is 0 Å². The SMILES string of the molecule is [CH2]OC(C)OCC(C)C. The fourth-order valence-corrected chi connectivity index (χ4v) is 0.376. The van der Waals surface area contributed by atoms with E-state index in [4.69, 9.17) is 4.74 Å². The van der Waals surface area contributed by atoms with Crippen molar-refractivity contribution in [1.82, 2.24) is 0 Å². The summed E-state index contributed by atoms with van der Waals surface area (Å²) >= 11 is 0. The molecule has 1 atom stereocenters. The van der Waals surface area contributed by atoms with Crippen LogP contribution in [0.4, 0.5) is 0 Å². The maximum atomic E-state index is 5.17. The van der Waals surface area contributed by atoms with Gasteiger partial charge in [0.25, 0.3) is 0 Å². The topological polar surface area (TPSA) is 18.5 Å². The van der Waals surface area contributed by atoms with Gasteiger partial charge in [-0.15, -0.1) is 0 Å². The summed E-state index contributed by atoms with van der Waals surface area (Å²) in [6, 6.07) is 0. The second-order valence-electron chi connectivity index (χ2n) is 2.46. The first-order chi connectivity index (χ1) is 4.16. The third-order valence-corrected chi connectivity index (χ3v) is 0.899. The van der Waals surface area contributed by atoms with Crippen LogP contribution in [-0.4, -0.2) is 12.9 Å². The molecular formula is C7H15O2. The molecule has 0 aromatic rings. The minimum atomic E-state index is -0.174. The Hall–Kier alpha value is -0.0800. The van der Waals surface area contributed by atoms with E-state index < -0.39 is 0 Å². The third kappa shape index (κ3) is 5.80. The highest BCUT2D eigenvalue weighted by Crippen LogP contribution is 1.97. The van der Waals surface area contributed by atoms with Crippen molar-refractivity contribution in [1.29, 1.82) is 0 Å². The van der Waals surface area contributed by atoms with Crippen LogP contribution in [0.25, 0.3) is 0 Å². The van der Waals surface area contributed by atoms with Crippen molar-refractivity contribution in [3.05, 3.63) is 7.11 Å². The molecule has 0 saturated carbocycles. The number of ether oxygens (including phenoxy) is 2. The van der Waals surface area contributed by atoms with Crippen LogP contribution in [-0.2, 0) is 9.47 Å². The average Bonchev–Trinajstić information content (AvgIpc) is 1.83. The normalized spacial score (nSPS) is 14.3. The first kappa shape index (κ1) is 8.92. The van der Waals surface area contributed by atoms with E-state index >= 15 is 0 Å². The van der Waals surface area contributed by atoms with Crippen molar-refractivity contribution in [2.45, 2.75) is 27.1 Å². The summed E-state index contributed by atoms with van der Waals surface area (Å²) in [6.07, 6.45) is -0.174. The van der Waals surface area contributed by atoms with Crippen LogP contribution in [0.5, 0.6) is 0 Å². The average molecular weight is 131 g/mol. The fourth-order valence-electron chi connectivity index (χ4n) is 0.376. The first-order valence-electron chi connectivity index (χ1n) is 3.19. The maximum Gasteiger partial charge on any atom is 0.154 e. The summed E-state index contributed by atoms with van der Waals surface area (Å²) < 4.78 is 9.80. The minimum Gasteiger partial charge on any atom is -0.353 e. The summed E-state index contributed by atoms with van der Waals surface area (Å²) in [5, 5.41) is 0. The van der Waals surface area contributed by atoms with E-state index in [9.17, 15) is 0 Å². The van der Waals surface area contributed by atoms with Gasteiger partial charge in [0.2, 0.25) is 0 Å². The van der Waals surface area contributed by atoms with Crippen LogP contribution in [0, 0.1) is 13.0 Å². The molecule has 1 unspecified atom stereocenters. The van der Waals surface area contributed by atoms with Gasteiger partial charge in [0.05, 0.1) is 13.7 Å². The Bertz CT molecular complexity index is 61.9. The van der Waals surface area contributed by atoms with Gasteiger partial charge in [-0.25, -0.2) is 0 Å². The Morgan fingerprint density at radius 2 is 1.89 bits per heavy atom. The molecule has 0 heterocycles. The van der Waals surface area contributed by atoms with Crippen molar-refractivity contribution in [2.75, 3.05) is 6.61 Å². The molecule has 0 aromatic carbocycles. The van der Waals surface area contributed by atoms with Crippen LogP contribution in [0.15, 0.2) is 0 Å². The Labute approximate surface area is 57.2 Å². The van der Waals surface area contributed by atoms with Gasteiger partial charge in [0.15, 0.2) is 6.29 Å². The van der Waals surface area contributed by atoms with Crippen LogP contribution < -0.4 is 0 Å². The van der Waals surface area contributed by atoms with Gasteiger partial charge in [0.1, 0.15) is 0 Å². The molecule has 0 aliphatic heterocycles. The van der Waals surface area contributed by atoms with Gasteiger partial charge < -0.3 is 9.47 Å². The number of hydrogen-bond donors (Lipinski definition) is 0. The highest BCUT2D eigenvalue weighted by molar-refractivity contribution is 4.39. The standard InChI is InChI=1S/C7H15O2/c1-6(2)5-9-7(3)8-4/h6-7H,4-5H2,1-3H3. The molecule has 2 heteroatoms. The van der Waals surface area contributed by atoms with E-state index in [2.05, 4.69) is 25.7 Å². The van der Waals surface area contributed by atoms with Gasteiger partial charge in [-0.3, -0.25) is 0 Å². The summed E-state index contributed by atoms with van der Waals surface area (Å²) in [6.45, 7) is 6.75. The van der Waals surface area contributed by atoms with Gasteiger partial charge in [-0.1, -0.05) is 13.8 Å². The summed E-state index contributed by atoms with van der Waals surface area (Å²) in [5.74, 6) is 0.558. The van der Waals surface area contributed by atoms with Crippen molar-refractivity contribution >= 4 is 0 Å². The quantitative estimate of drug-likeness (QED) is 0.542. The Morgan fingerprint density at radius 1 is 1.33 bits per heavy atom. The monoisotopic (exact) mass is 131 g/mol. The Morgan fingerprint density at radius 3 is 2.22 bits per heavy atom. The number of hydrogen-bond acceptors (Lipinski definition) is 2. The molecule has 55 valence electrons. The largest absolute Gasteiger partial charge is 0.353 e. The Kier molecular flexibility index (Phi) is 4.72. The maximum absolute atomic E-state index is 5.17. The zero-order chi connectivity index (χ0) is 7.28. The summed E-state index contributed by atoms with van der Waals surface area (Å²) in [4.78, 5) is 0. The molecule has 0 N–H and O–H groups in total. The fraction of sp³-hybridized carbons (Fsp3) is 0.857. The molecule has 0 amide bonds. The molecule has 0 bridgehead atoms. The molecule has 0 aromatic heterocycles. The van der Waals surface area contributed by atoms with Crippen LogP contribution in [0.1, 0.15) is 20.8 Å². The minimum absolute atomic E-state index is 0.174. The zero-order valence-corrected chi connectivity index (χ0v) is 6.39. The van der Waals surface area contributed by atoms with Crippen LogP contribution in [0.3, 0.4) is 0 Å².